The lowest BCUT2D eigenvalue weighted by molar-refractivity contribution is -0.179. The molecule has 4 unspecified atom stereocenters. The van der Waals surface area contributed by atoms with Crippen LogP contribution < -0.4 is 0 Å². The van der Waals surface area contributed by atoms with Crippen molar-refractivity contribution in [2.45, 2.75) is 83.7 Å². The van der Waals surface area contributed by atoms with E-state index in [-0.39, 0.29) is 11.8 Å². The fourth-order valence-electron chi connectivity index (χ4n) is 4.45. The smallest absolute Gasteiger partial charge is 0.439 e. The van der Waals surface area contributed by atoms with E-state index < -0.39 is 29.4 Å². The standard InChI is InChI=1S/C16H29B2O4/c1-10-12(11-8-9-11)15(6,19)13(2,3)20-17-18-21-14(4,5)16(10,7)22-18/h10-12,19H,8-9H2,1-7H3/p+1. The van der Waals surface area contributed by atoms with Crippen molar-refractivity contribution >= 4 is 14.4 Å². The quantitative estimate of drug-likeness (QED) is 0.551. The van der Waals surface area contributed by atoms with E-state index in [1.807, 2.05) is 20.8 Å². The van der Waals surface area contributed by atoms with Crippen LogP contribution in [0.5, 0.6) is 0 Å². The van der Waals surface area contributed by atoms with E-state index in [4.69, 9.17) is 14.0 Å². The molecule has 2 N–H and O–H groups in total. The molecule has 123 valence electrons. The van der Waals surface area contributed by atoms with Gasteiger partial charge in [-0.2, -0.15) is 0 Å². The molecule has 0 aromatic heterocycles. The Kier molecular flexibility index (Phi) is 3.63. The van der Waals surface area contributed by atoms with Crippen molar-refractivity contribution in [1.29, 1.82) is 0 Å². The van der Waals surface area contributed by atoms with Crippen LogP contribution in [0.1, 0.15) is 61.3 Å². The Morgan fingerprint density at radius 3 is 2.14 bits per heavy atom. The third-order valence-electron chi connectivity index (χ3n) is 6.90. The predicted octanol–water partition coefficient (Wildman–Crippen LogP) is 2.13. The van der Waals surface area contributed by atoms with Crippen molar-refractivity contribution in [2.75, 3.05) is 0 Å². The first-order valence-electron chi connectivity index (χ1n) is 8.54. The minimum Gasteiger partial charge on any atom is -0.439 e. The Balaban J connectivity index is 2.08. The third kappa shape index (κ3) is 2.21. The zero-order chi connectivity index (χ0) is 16.6. The number of hydrogen-bond acceptors (Lipinski definition) is 3. The Hall–Kier alpha value is -0.0301. The normalized spacial score (nSPS) is 47.4. The van der Waals surface area contributed by atoms with Crippen LogP contribution in [-0.4, -0.2) is 41.9 Å². The van der Waals surface area contributed by atoms with Crippen molar-refractivity contribution in [3.05, 3.63) is 0 Å². The minimum atomic E-state index is -0.684. The zero-order valence-electron chi connectivity index (χ0n) is 15.0. The summed E-state index contributed by atoms with van der Waals surface area (Å²) in [7, 11) is 1.19. The molecule has 2 bridgehead atoms. The predicted molar refractivity (Wildman–Crippen MR) is 88.7 cm³/mol. The number of hydrogen-bond donors (Lipinski definition) is 0. The molecule has 3 rings (SSSR count). The van der Waals surface area contributed by atoms with Crippen molar-refractivity contribution in [2.24, 2.45) is 17.8 Å². The van der Waals surface area contributed by atoms with Gasteiger partial charge in [0.2, 0.25) is 0 Å². The van der Waals surface area contributed by atoms with Gasteiger partial charge >= 0.3 is 14.4 Å². The molecular formula is C16H30B2O4+. The Bertz CT molecular complexity index is 461. The molecule has 22 heavy (non-hydrogen) atoms. The average molecular weight is 308 g/mol. The maximum atomic E-state index is 9.18. The van der Waals surface area contributed by atoms with Crippen LogP contribution >= 0.6 is 0 Å². The zero-order valence-corrected chi connectivity index (χ0v) is 15.0. The summed E-state index contributed by atoms with van der Waals surface area (Å²) in [5.74, 6) is 1.03. The molecule has 4 nitrogen and oxygen atoms in total. The Labute approximate surface area is 135 Å². The second-order valence-corrected chi connectivity index (χ2v) is 8.84. The third-order valence-corrected chi connectivity index (χ3v) is 6.90. The largest absolute Gasteiger partial charge is 0.439 e. The van der Waals surface area contributed by atoms with Gasteiger partial charge in [-0.25, -0.2) is 0 Å². The maximum Gasteiger partial charge on any atom is 0.439 e. The molecule has 2 aliphatic heterocycles. The molecule has 4 atom stereocenters. The van der Waals surface area contributed by atoms with Gasteiger partial charge in [-0.15, -0.1) is 0 Å². The fraction of sp³-hybridized carbons (Fsp3) is 1.00. The summed E-state index contributed by atoms with van der Waals surface area (Å²) in [4.78, 5) is 0. The summed E-state index contributed by atoms with van der Waals surface area (Å²) in [6, 6.07) is 0. The van der Waals surface area contributed by atoms with Gasteiger partial charge in [0.25, 0.3) is 0 Å². The summed E-state index contributed by atoms with van der Waals surface area (Å²) >= 11 is 0. The summed E-state index contributed by atoms with van der Waals surface area (Å²) in [6.45, 7) is 14.7. The van der Waals surface area contributed by atoms with Gasteiger partial charge in [0.05, 0.1) is 11.2 Å². The first-order valence-corrected chi connectivity index (χ1v) is 8.54. The van der Waals surface area contributed by atoms with Gasteiger partial charge in [-0.1, -0.05) is 6.92 Å². The lowest BCUT2D eigenvalue weighted by atomic mass is 9.55. The molecule has 0 spiro atoms. The molecule has 0 amide bonds. The molecule has 0 aromatic rings. The van der Waals surface area contributed by atoms with Gasteiger partial charge in [-0.05, 0) is 59.3 Å². The first-order chi connectivity index (χ1) is 9.92. The summed E-state index contributed by atoms with van der Waals surface area (Å²) in [6.07, 6.45) is 2.42. The maximum absolute atomic E-state index is 9.18. The van der Waals surface area contributed by atoms with Crippen LogP contribution in [0.4, 0.5) is 0 Å². The highest BCUT2D eigenvalue weighted by Gasteiger charge is 2.67. The van der Waals surface area contributed by atoms with Crippen LogP contribution in [-0.2, 0) is 14.0 Å². The van der Waals surface area contributed by atoms with Crippen molar-refractivity contribution in [1.82, 2.24) is 0 Å². The van der Waals surface area contributed by atoms with E-state index in [0.717, 1.165) is 0 Å². The van der Waals surface area contributed by atoms with Crippen molar-refractivity contribution in [3.63, 3.8) is 0 Å². The van der Waals surface area contributed by atoms with E-state index in [1.54, 1.807) is 7.37 Å². The number of rotatable bonds is 1. The van der Waals surface area contributed by atoms with Crippen LogP contribution in [0, 0.1) is 17.8 Å². The first kappa shape index (κ1) is 16.8. The Morgan fingerprint density at radius 1 is 1.00 bits per heavy atom. The lowest BCUT2D eigenvalue weighted by Crippen LogP contribution is -2.62. The van der Waals surface area contributed by atoms with E-state index in [1.165, 1.54) is 12.8 Å². The van der Waals surface area contributed by atoms with E-state index in [2.05, 4.69) is 27.7 Å². The lowest BCUT2D eigenvalue weighted by Gasteiger charge is -2.50. The molecule has 1 aliphatic carbocycles. The van der Waals surface area contributed by atoms with Gasteiger partial charge < -0.3 is 19.1 Å². The fourth-order valence-corrected chi connectivity index (χ4v) is 4.45. The molecule has 1 radical (unpaired) electrons. The monoisotopic (exact) mass is 308 g/mol. The average Bonchev–Trinajstić information content (AvgIpc) is 3.14. The molecule has 2 saturated heterocycles. The van der Waals surface area contributed by atoms with Crippen LogP contribution in [0.25, 0.3) is 0 Å². The van der Waals surface area contributed by atoms with Gasteiger partial charge in [0.15, 0.2) is 5.60 Å². The molecule has 3 fully saturated rings. The van der Waals surface area contributed by atoms with Gasteiger partial charge in [0.1, 0.15) is 5.60 Å². The highest BCUT2D eigenvalue weighted by atomic mass is 16.7. The SMILES string of the molecule is CC1C(C2CC2)C(C)([OH2+])C(C)(C)O[B]B2OC(C)(C)C1(C)O2. The highest BCUT2D eigenvalue weighted by Crippen LogP contribution is 2.56. The van der Waals surface area contributed by atoms with E-state index in [0.29, 0.717) is 5.92 Å². The summed E-state index contributed by atoms with van der Waals surface area (Å²) in [5, 5.41) is 9.18. The second kappa shape index (κ2) is 4.75. The molecule has 6 heteroatoms. The minimum absolute atomic E-state index is 0.219. The summed E-state index contributed by atoms with van der Waals surface area (Å²) < 4.78 is 18.4. The van der Waals surface area contributed by atoms with Crippen LogP contribution in [0.2, 0.25) is 0 Å². The molecule has 1 saturated carbocycles. The molecule has 2 heterocycles. The topological polar surface area (TPSA) is 50.6 Å². The Morgan fingerprint density at radius 2 is 1.59 bits per heavy atom. The van der Waals surface area contributed by atoms with E-state index >= 15 is 0 Å². The van der Waals surface area contributed by atoms with Crippen LogP contribution in [0.15, 0.2) is 0 Å². The second-order valence-electron chi connectivity index (χ2n) is 8.84. The molecular weight excluding hydrogens is 278 g/mol. The molecule has 0 aromatic carbocycles. The van der Waals surface area contributed by atoms with Crippen molar-refractivity contribution in [3.8, 4) is 0 Å². The van der Waals surface area contributed by atoms with Crippen molar-refractivity contribution < 1.29 is 19.1 Å². The highest BCUT2D eigenvalue weighted by molar-refractivity contribution is 7.03. The van der Waals surface area contributed by atoms with E-state index in [9.17, 15) is 5.11 Å². The van der Waals surface area contributed by atoms with Gasteiger partial charge in [-0.3, -0.25) is 0 Å². The van der Waals surface area contributed by atoms with Crippen LogP contribution in [0.3, 0.4) is 0 Å². The molecule has 3 aliphatic rings. The van der Waals surface area contributed by atoms with Gasteiger partial charge in [0, 0.05) is 12.8 Å². The number of fused-ring (bicyclic) bond motifs is 2. The summed E-state index contributed by atoms with van der Waals surface area (Å²) in [5.41, 5.74) is -2.08.